The molecule has 0 unspecified atom stereocenters. The molecule has 7 nitrogen and oxygen atoms in total. The zero-order chi connectivity index (χ0) is 24.0. The number of carbonyl (C=O) groups is 1. The molecule has 0 atom stereocenters. The summed E-state index contributed by atoms with van der Waals surface area (Å²) in [4.78, 5) is 15.8. The Bertz CT molecular complexity index is 1080. The van der Waals surface area contributed by atoms with Gasteiger partial charge in [0.15, 0.2) is 0 Å². The van der Waals surface area contributed by atoms with Crippen LogP contribution in [0.25, 0.3) is 0 Å². The molecular weight excluding hydrogens is 450 g/mol. The summed E-state index contributed by atoms with van der Waals surface area (Å²) >= 11 is 0. The van der Waals surface area contributed by atoms with Crippen molar-refractivity contribution in [3.63, 3.8) is 0 Å². The van der Waals surface area contributed by atoms with E-state index >= 15 is 0 Å². The molecule has 184 valence electrons. The van der Waals surface area contributed by atoms with Crippen LogP contribution in [0.3, 0.4) is 0 Å². The normalized spacial score (nSPS) is 19.0. The second kappa shape index (κ2) is 11.0. The lowest BCUT2D eigenvalue weighted by Crippen LogP contribution is -2.59. The van der Waals surface area contributed by atoms with Crippen LogP contribution < -0.4 is 10.0 Å². The highest BCUT2D eigenvalue weighted by Gasteiger charge is 2.39. The largest absolute Gasteiger partial charge is 0.379 e. The molecule has 2 aromatic carbocycles. The minimum Gasteiger partial charge on any atom is -0.379 e. The minimum atomic E-state index is -3.75. The van der Waals surface area contributed by atoms with Crippen molar-refractivity contribution >= 4 is 15.9 Å². The van der Waals surface area contributed by atoms with Gasteiger partial charge in [0.2, 0.25) is 10.0 Å². The molecule has 2 fully saturated rings. The molecule has 2 N–H and O–H groups in total. The molecule has 0 spiro atoms. The summed E-state index contributed by atoms with van der Waals surface area (Å²) in [5, 5.41) is 3.15. The molecule has 1 aliphatic heterocycles. The maximum absolute atomic E-state index is 13.2. The van der Waals surface area contributed by atoms with E-state index in [4.69, 9.17) is 4.74 Å². The topological polar surface area (TPSA) is 87.7 Å². The molecule has 34 heavy (non-hydrogen) atoms. The SMILES string of the molecule is Cc1ccc(S(=O)(=O)NCc2ccccc2)cc1C(=O)NCC1(N2CCOCC2)CCCCC1. The van der Waals surface area contributed by atoms with Gasteiger partial charge in [0, 0.05) is 37.3 Å². The predicted molar refractivity (Wildman–Crippen MR) is 132 cm³/mol. The second-order valence-electron chi connectivity index (χ2n) is 9.35. The Hall–Kier alpha value is -2.26. The van der Waals surface area contributed by atoms with E-state index < -0.39 is 10.0 Å². The Labute approximate surface area is 202 Å². The van der Waals surface area contributed by atoms with Gasteiger partial charge in [0.05, 0.1) is 18.1 Å². The van der Waals surface area contributed by atoms with Gasteiger partial charge in [-0.1, -0.05) is 55.7 Å². The zero-order valence-electron chi connectivity index (χ0n) is 19.9. The number of benzene rings is 2. The Kier molecular flexibility index (Phi) is 8.03. The molecule has 2 aliphatic rings. The smallest absolute Gasteiger partial charge is 0.251 e. The van der Waals surface area contributed by atoms with Gasteiger partial charge < -0.3 is 10.1 Å². The first-order valence-electron chi connectivity index (χ1n) is 12.1. The number of hydrogen-bond donors (Lipinski definition) is 2. The standard InChI is InChI=1S/C26H35N3O4S/c1-21-10-11-23(34(31,32)28-19-22-8-4-2-5-9-22)18-24(21)25(30)27-20-26(12-6-3-7-13-26)29-14-16-33-17-15-29/h2,4-5,8-11,18,28H,3,6-7,12-17,19-20H2,1H3,(H,27,30). The third-order valence-electron chi connectivity index (χ3n) is 7.12. The first kappa shape index (κ1) is 24.9. The van der Waals surface area contributed by atoms with Crippen molar-refractivity contribution in [2.45, 2.75) is 56.0 Å². The van der Waals surface area contributed by atoms with Crippen LogP contribution in [0.2, 0.25) is 0 Å². The molecule has 1 saturated carbocycles. The average molecular weight is 486 g/mol. The van der Waals surface area contributed by atoms with E-state index in [1.807, 2.05) is 37.3 Å². The molecule has 1 heterocycles. The molecule has 1 saturated heterocycles. The van der Waals surface area contributed by atoms with E-state index in [0.29, 0.717) is 12.1 Å². The second-order valence-corrected chi connectivity index (χ2v) is 11.1. The Balaban J connectivity index is 1.46. The number of ether oxygens (including phenoxy) is 1. The number of hydrogen-bond acceptors (Lipinski definition) is 5. The lowest BCUT2D eigenvalue weighted by molar-refractivity contribution is -0.0361. The minimum absolute atomic E-state index is 0.0491. The van der Waals surface area contributed by atoms with E-state index in [1.165, 1.54) is 12.5 Å². The number of amides is 1. The van der Waals surface area contributed by atoms with Crippen LogP contribution in [0.1, 0.15) is 53.6 Å². The fourth-order valence-electron chi connectivity index (χ4n) is 5.06. The van der Waals surface area contributed by atoms with Gasteiger partial charge in [-0.3, -0.25) is 9.69 Å². The summed E-state index contributed by atoms with van der Waals surface area (Å²) in [6, 6.07) is 14.1. The van der Waals surface area contributed by atoms with Gasteiger partial charge >= 0.3 is 0 Å². The summed E-state index contributed by atoms with van der Waals surface area (Å²) in [7, 11) is -3.75. The van der Waals surface area contributed by atoms with E-state index in [1.54, 1.807) is 12.1 Å². The summed E-state index contributed by atoms with van der Waals surface area (Å²) < 4.78 is 34.0. The monoisotopic (exact) mass is 485 g/mol. The highest BCUT2D eigenvalue weighted by molar-refractivity contribution is 7.89. The fourth-order valence-corrected chi connectivity index (χ4v) is 6.11. The summed E-state index contributed by atoms with van der Waals surface area (Å²) in [6.45, 7) is 5.82. The number of aryl methyl sites for hydroxylation is 1. The molecule has 4 rings (SSSR count). The highest BCUT2D eigenvalue weighted by atomic mass is 32.2. The van der Waals surface area contributed by atoms with Gasteiger partial charge in [-0.25, -0.2) is 13.1 Å². The van der Waals surface area contributed by atoms with Crippen molar-refractivity contribution < 1.29 is 17.9 Å². The predicted octanol–water partition coefficient (Wildman–Crippen LogP) is 3.24. The van der Waals surface area contributed by atoms with Gasteiger partial charge in [-0.05, 0) is 43.0 Å². The first-order valence-corrected chi connectivity index (χ1v) is 13.6. The van der Waals surface area contributed by atoms with Crippen molar-refractivity contribution in [2.24, 2.45) is 0 Å². The Morgan fingerprint density at radius 3 is 2.44 bits per heavy atom. The average Bonchev–Trinajstić information content (AvgIpc) is 2.88. The number of sulfonamides is 1. The number of nitrogens with one attached hydrogen (secondary N) is 2. The number of nitrogens with zero attached hydrogens (tertiary/aromatic N) is 1. The molecule has 2 aromatic rings. The van der Waals surface area contributed by atoms with Crippen LogP contribution >= 0.6 is 0 Å². The van der Waals surface area contributed by atoms with Crippen LogP contribution in [-0.2, 0) is 21.3 Å². The van der Waals surface area contributed by atoms with E-state index in [9.17, 15) is 13.2 Å². The maximum Gasteiger partial charge on any atom is 0.251 e. The summed E-state index contributed by atoms with van der Waals surface area (Å²) in [5.41, 5.74) is 1.98. The third kappa shape index (κ3) is 5.86. The van der Waals surface area contributed by atoms with Crippen LogP contribution in [0.5, 0.6) is 0 Å². The number of carbonyl (C=O) groups excluding carboxylic acids is 1. The zero-order valence-corrected chi connectivity index (χ0v) is 20.7. The molecule has 1 aliphatic carbocycles. The van der Waals surface area contributed by atoms with E-state index in [-0.39, 0.29) is 22.9 Å². The van der Waals surface area contributed by atoms with Gasteiger partial charge in [0.25, 0.3) is 5.91 Å². The van der Waals surface area contributed by atoms with Crippen molar-refractivity contribution in [1.29, 1.82) is 0 Å². The molecular formula is C26H35N3O4S. The Morgan fingerprint density at radius 2 is 1.74 bits per heavy atom. The fraction of sp³-hybridized carbons (Fsp3) is 0.500. The highest BCUT2D eigenvalue weighted by Crippen LogP contribution is 2.34. The van der Waals surface area contributed by atoms with Crippen molar-refractivity contribution in [3.8, 4) is 0 Å². The molecule has 0 radical (unpaired) electrons. The van der Waals surface area contributed by atoms with Gasteiger partial charge in [0.1, 0.15) is 0 Å². The van der Waals surface area contributed by atoms with Crippen molar-refractivity contribution in [3.05, 3.63) is 65.2 Å². The van der Waals surface area contributed by atoms with Gasteiger partial charge in [-0.2, -0.15) is 0 Å². The van der Waals surface area contributed by atoms with Gasteiger partial charge in [-0.15, -0.1) is 0 Å². The van der Waals surface area contributed by atoms with Crippen LogP contribution in [-0.4, -0.2) is 57.6 Å². The van der Waals surface area contributed by atoms with Crippen LogP contribution in [0.4, 0.5) is 0 Å². The van der Waals surface area contributed by atoms with Crippen molar-refractivity contribution in [2.75, 3.05) is 32.8 Å². The molecule has 0 aromatic heterocycles. The third-order valence-corrected chi connectivity index (χ3v) is 8.52. The maximum atomic E-state index is 13.2. The van der Waals surface area contributed by atoms with E-state index in [2.05, 4.69) is 14.9 Å². The number of rotatable bonds is 8. The quantitative estimate of drug-likeness (QED) is 0.599. The van der Waals surface area contributed by atoms with E-state index in [0.717, 1.165) is 63.1 Å². The molecule has 8 heteroatoms. The summed E-state index contributed by atoms with van der Waals surface area (Å²) in [5.74, 6) is -0.226. The van der Waals surface area contributed by atoms with Crippen molar-refractivity contribution in [1.82, 2.24) is 14.9 Å². The Morgan fingerprint density at radius 1 is 1.03 bits per heavy atom. The first-order chi connectivity index (χ1) is 16.4. The van der Waals surface area contributed by atoms with Crippen LogP contribution in [0.15, 0.2) is 53.4 Å². The number of morpholine rings is 1. The summed E-state index contributed by atoms with van der Waals surface area (Å²) in [6.07, 6.45) is 5.67. The van der Waals surface area contributed by atoms with Crippen LogP contribution in [0, 0.1) is 6.92 Å². The molecule has 1 amide bonds. The lowest BCUT2D eigenvalue weighted by atomic mass is 9.79. The molecule has 0 bridgehead atoms. The lowest BCUT2D eigenvalue weighted by Gasteiger charge is -2.48.